The van der Waals surface area contributed by atoms with Gasteiger partial charge in [0.2, 0.25) is 5.76 Å². The Morgan fingerprint density at radius 1 is 1.77 bits per heavy atom. The van der Waals surface area contributed by atoms with E-state index in [1.54, 1.807) is 0 Å². The van der Waals surface area contributed by atoms with Gasteiger partial charge in [-0.2, -0.15) is 5.26 Å². The Kier molecular flexibility index (Phi) is 2.67. The molecule has 0 fully saturated rings. The molecule has 0 spiro atoms. The van der Waals surface area contributed by atoms with Crippen LogP contribution < -0.4 is 5.73 Å². The van der Waals surface area contributed by atoms with Crippen LogP contribution in [-0.2, 0) is 0 Å². The van der Waals surface area contributed by atoms with E-state index in [-0.39, 0.29) is 12.2 Å². The second-order valence-corrected chi connectivity index (χ2v) is 2.48. The van der Waals surface area contributed by atoms with Gasteiger partial charge >= 0.3 is 5.97 Å². The van der Waals surface area contributed by atoms with Gasteiger partial charge in [-0.25, -0.2) is 4.79 Å². The van der Waals surface area contributed by atoms with Gasteiger partial charge in [0.15, 0.2) is 0 Å². The molecule has 1 aromatic heterocycles. The quantitative estimate of drug-likeness (QED) is 0.719. The summed E-state index contributed by atoms with van der Waals surface area (Å²) in [5, 5.41) is 16.8. The highest BCUT2D eigenvalue weighted by atomic mass is 16.4. The summed E-state index contributed by atoms with van der Waals surface area (Å²) in [6.45, 7) is 0. The molecule has 1 rings (SSSR count). The Bertz CT molecular complexity index is 351. The molecule has 13 heavy (non-hydrogen) atoms. The van der Waals surface area contributed by atoms with E-state index in [1.807, 2.05) is 6.07 Å². The monoisotopic (exact) mass is 180 g/mol. The highest BCUT2D eigenvalue weighted by Crippen LogP contribution is 2.16. The second-order valence-electron chi connectivity index (χ2n) is 2.48. The van der Waals surface area contributed by atoms with Crippen LogP contribution in [0.4, 0.5) is 0 Å². The molecule has 0 bridgehead atoms. The van der Waals surface area contributed by atoms with Crippen LogP contribution in [0.1, 0.15) is 28.8 Å². The normalized spacial score (nSPS) is 12.0. The minimum atomic E-state index is -1.14. The molecule has 1 unspecified atom stereocenters. The zero-order chi connectivity index (χ0) is 9.84. The molecule has 0 aromatic carbocycles. The zero-order valence-corrected chi connectivity index (χ0v) is 6.73. The summed E-state index contributed by atoms with van der Waals surface area (Å²) in [5.74, 6) is -0.988. The molecular weight excluding hydrogens is 172 g/mol. The summed E-state index contributed by atoms with van der Waals surface area (Å²) >= 11 is 0. The molecule has 1 aromatic rings. The number of hydrogen-bond donors (Lipinski definition) is 2. The molecule has 1 atom stereocenters. The molecule has 3 N–H and O–H groups in total. The number of furan rings is 1. The fourth-order valence-electron chi connectivity index (χ4n) is 0.866. The van der Waals surface area contributed by atoms with Gasteiger partial charge < -0.3 is 15.3 Å². The molecule has 0 radical (unpaired) electrons. The van der Waals surface area contributed by atoms with E-state index in [2.05, 4.69) is 0 Å². The summed E-state index contributed by atoms with van der Waals surface area (Å²) in [6, 6.07) is 4.09. The van der Waals surface area contributed by atoms with E-state index >= 15 is 0 Å². The summed E-state index contributed by atoms with van der Waals surface area (Å²) in [7, 11) is 0. The van der Waals surface area contributed by atoms with Gasteiger partial charge in [-0.15, -0.1) is 0 Å². The van der Waals surface area contributed by atoms with Crippen LogP contribution in [0.2, 0.25) is 0 Å². The number of aromatic carboxylic acids is 1. The molecule has 68 valence electrons. The van der Waals surface area contributed by atoms with Crippen molar-refractivity contribution in [2.75, 3.05) is 0 Å². The van der Waals surface area contributed by atoms with E-state index < -0.39 is 12.0 Å². The first kappa shape index (κ1) is 9.29. The van der Waals surface area contributed by atoms with Gasteiger partial charge in [0.25, 0.3) is 0 Å². The lowest BCUT2D eigenvalue weighted by Gasteiger charge is -2.00. The van der Waals surface area contributed by atoms with Crippen molar-refractivity contribution in [3.63, 3.8) is 0 Å². The van der Waals surface area contributed by atoms with Crippen LogP contribution in [0.5, 0.6) is 0 Å². The lowest BCUT2D eigenvalue weighted by Crippen LogP contribution is -2.07. The second kappa shape index (κ2) is 3.74. The molecular formula is C8H8N2O3. The number of nitrogens with two attached hydrogens (primary N) is 1. The van der Waals surface area contributed by atoms with Gasteiger partial charge in [-0.05, 0) is 12.1 Å². The van der Waals surface area contributed by atoms with Crippen molar-refractivity contribution < 1.29 is 14.3 Å². The highest BCUT2D eigenvalue weighted by Gasteiger charge is 2.13. The molecule has 0 amide bonds. The standard InChI is InChI=1S/C8H8N2O3/c9-4-3-5(10)6-1-2-7(13-6)8(11)12/h1-2,5H,3,10H2,(H,11,12). The number of nitriles is 1. The maximum atomic E-state index is 10.4. The number of rotatable bonds is 3. The number of carboxylic acid groups (broad SMARTS) is 1. The first-order valence-electron chi connectivity index (χ1n) is 3.60. The summed E-state index contributed by atoms with van der Waals surface area (Å²) in [6.07, 6.45) is 0.104. The average Bonchev–Trinajstić information content (AvgIpc) is 2.52. The highest BCUT2D eigenvalue weighted by molar-refractivity contribution is 5.84. The van der Waals surface area contributed by atoms with E-state index in [0.717, 1.165) is 0 Å². The SMILES string of the molecule is N#CCC(N)c1ccc(C(=O)O)o1. The minimum absolute atomic E-state index is 0.104. The molecule has 5 nitrogen and oxygen atoms in total. The average molecular weight is 180 g/mol. The molecule has 0 saturated heterocycles. The van der Waals surface area contributed by atoms with E-state index in [1.165, 1.54) is 12.1 Å². The summed E-state index contributed by atoms with van der Waals surface area (Å²) in [5.41, 5.74) is 5.51. The van der Waals surface area contributed by atoms with Gasteiger partial charge in [0, 0.05) is 0 Å². The van der Waals surface area contributed by atoms with Crippen LogP contribution in [0.15, 0.2) is 16.5 Å². The number of carbonyl (C=O) groups is 1. The fraction of sp³-hybridized carbons (Fsp3) is 0.250. The lowest BCUT2D eigenvalue weighted by molar-refractivity contribution is 0.0660. The van der Waals surface area contributed by atoms with Crippen molar-refractivity contribution in [1.82, 2.24) is 0 Å². The zero-order valence-electron chi connectivity index (χ0n) is 6.73. The van der Waals surface area contributed by atoms with Crippen LogP contribution in [0, 0.1) is 11.3 Å². The topological polar surface area (TPSA) is 100 Å². The van der Waals surface area contributed by atoms with E-state index in [4.69, 9.17) is 20.5 Å². The Hall–Kier alpha value is -1.80. The number of carboxylic acids is 1. The van der Waals surface area contributed by atoms with Gasteiger partial charge in [-0.1, -0.05) is 0 Å². The van der Waals surface area contributed by atoms with Crippen molar-refractivity contribution in [3.8, 4) is 6.07 Å². The molecule has 0 aliphatic carbocycles. The molecule has 1 heterocycles. The van der Waals surface area contributed by atoms with Gasteiger partial charge in [0.05, 0.1) is 18.5 Å². The fourth-order valence-corrected chi connectivity index (χ4v) is 0.866. The van der Waals surface area contributed by atoms with Crippen LogP contribution in [0.3, 0.4) is 0 Å². The molecule has 5 heteroatoms. The maximum Gasteiger partial charge on any atom is 0.371 e. The van der Waals surface area contributed by atoms with Crippen molar-refractivity contribution in [2.24, 2.45) is 5.73 Å². The molecule has 0 aliphatic rings. The van der Waals surface area contributed by atoms with Crippen molar-refractivity contribution in [3.05, 3.63) is 23.7 Å². The van der Waals surface area contributed by atoms with Crippen LogP contribution in [-0.4, -0.2) is 11.1 Å². The smallest absolute Gasteiger partial charge is 0.371 e. The van der Waals surface area contributed by atoms with Crippen molar-refractivity contribution >= 4 is 5.97 Å². The third-order valence-electron chi connectivity index (χ3n) is 1.51. The van der Waals surface area contributed by atoms with Gasteiger partial charge in [-0.3, -0.25) is 0 Å². The third kappa shape index (κ3) is 2.07. The van der Waals surface area contributed by atoms with Gasteiger partial charge in [0.1, 0.15) is 5.76 Å². The lowest BCUT2D eigenvalue weighted by atomic mass is 10.2. The van der Waals surface area contributed by atoms with Crippen molar-refractivity contribution in [1.29, 1.82) is 5.26 Å². The predicted octanol–water partition coefficient (Wildman–Crippen LogP) is 0.891. The Morgan fingerprint density at radius 3 is 2.92 bits per heavy atom. The maximum absolute atomic E-state index is 10.4. The minimum Gasteiger partial charge on any atom is -0.475 e. The Labute approximate surface area is 74.4 Å². The Morgan fingerprint density at radius 2 is 2.46 bits per heavy atom. The summed E-state index contributed by atoms with van der Waals surface area (Å²) in [4.78, 5) is 10.4. The van der Waals surface area contributed by atoms with E-state index in [9.17, 15) is 4.79 Å². The molecule has 0 aliphatic heterocycles. The van der Waals surface area contributed by atoms with Crippen LogP contribution >= 0.6 is 0 Å². The first-order chi connectivity index (χ1) is 6.15. The van der Waals surface area contributed by atoms with Crippen LogP contribution in [0.25, 0.3) is 0 Å². The number of hydrogen-bond acceptors (Lipinski definition) is 4. The predicted molar refractivity (Wildman–Crippen MR) is 42.8 cm³/mol. The molecule has 0 saturated carbocycles. The largest absolute Gasteiger partial charge is 0.475 e. The Balaban J connectivity index is 2.80. The van der Waals surface area contributed by atoms with E-state index in [0.29, 0.717) is 5.76 Å². The summed E-state index contributed by atoms with van der Waals surface area (Å²) < 4.78 is 4.88. The number of nitrogens with zero attached hydrogens (tertiary/aromatic N) is 1. The van der Waals surface area contributed by atoms with Crippen molar-refractivity contribution in [2.45, 2.75) is 12.5 Å². The first-order valence-corrected chi connectivity index (χ1v) is 3.60. The third-order valence-corrected chi connectivity index (χ3v) is 1.51.